The maximum atomic E-state index is 4.79. The third-order valence-corrected chi connectivity index (χ3v) is 4.75. The van der Waals surface area contributed by atoms with Gasteiger partial charge >= 0.3 is 0 Å². The molecule has 0 atom stereocenters. The Balaban J connectivity index is 1.89. The molecular weight excluding hydrogens is 276 g/mol. The van der Waals surface area contributed by atoms with Gasteiger partial charge in [0, 0.05) is 23.8 Å². The molecule has 102 valence electrons. The molecule has 2 heterocycles. The van der Waals surface area contributed by atoms with E-state index < -0.39 is 0 Å². The van der Waals surface area contributed by atoms with E-state index in [-0.39, 0.29) is 0 Å². The van der Waals surface area contributed by atoms with Gasteiger partial charge in [-0.3, -0.25) is 9.98 Å². The minimum absolute atomic E-state index is 1.04. The van der Waals surface area contributed by atoms with Crippen molar-refractivity contribution in [1.29, 1.82) is 0 Å². The Morgan fingerprint density at radius 2 is 1.81 bits per heavy atom. The molecule has 0 N–H and O–H groups in total. The van der Waals surface area contributed by atoms with Gasteiger partial charge in [0.25, 0.3) is 0 Å². The standard InChI is InChI=1S/C18H14N2S/c1-2-6-13(7-3-1)12-19-17-14-8-4-5-9-15(14)20-16-10-11-21-18(16)17/h1-9,12H,10-11H2/b19-12+. The molecule has 0 bridgehead atoms. The van der Waals surface area contributed by atoms with Gasteiger partial charge in [0.05, 0.1) is 21.8 Å². The van der Waals surface area contributed by atoms with E-state index >= 15 is 0 Å². The molecule has 0 spiro atoms. The fourth-order valence-electron chi connectivity index (χ4n) is 2.60. The molecule has 0 radical (unpaired) electrons. The van der Waals surface area contributed by atoms with Crippen LogP contribution in [0.4, 0.5) is 5.69 Å². The van der Waals surface area contributed by atoms with Gasteiger partial charge in [-0.15, -0.1) is 11.8 Å². The second-order valence-electron chi connectivity index (χ2n) is 5.02. The van der Waals surface area contributed by atoms with Crippen molar-refractivity contribution in [1.82, 2.24) is 4.98 Å². The summed E-state index contributed by atoms with van der Waals surface area (Å²) in [4.78, 5) is 10.8. The van der Waals surface area contributed by atoms with Crippen LogP contribution in [0.1, 0.15) is 11.3 Å². The first-order chi connectivity index (χ1) is 10.4. The van der Waals surface area contributed by atoms with Crippen LogP contribution in [-0.2, 0) is 6.42 Å². The van der Waals surface area contributed by atoms with Gasteiger partial charge in [-0.1, -0.05) is 48.5 Å². The van der Waals surface area contributed by atoms with Crippen LogP contribution in [0.25, 0.3) is 10.9 Å². The Labute approximate surface area is 127 Å². The van der Waals surface area contributed by atoms with E-state index in [2.05, 4.69) is 30.3 Å². The quantitative estimate of drug-likeness (QED) is 0.643. The number of benzene rings is 2. The highest BCUT2D eigenvalue weighted by Crippen LogP contribution is 2.42. The van der Waals surface area contributed by atoms with Gasteiger partial charge in [-0.25, -0.2) is 0 Å². The molecule has 21 heavy (non-hydrogen) atoms. The van der Waals surface area contributed by atoms with E-state index in [1.165, 1.54) is 10.6 Å². The Kier molecular flexibility index (Phi) is 3.20. The number of fused-ring (bicyclic) bond motifs is 2. The molecule has 2 aromatic carbocycles. The lowest BCUT2D eigenvalue weighted by Gasteiger charge is -2.07. The summed E-state index contributed by atoms with van der Waals surface area (Å²) in [5.41, 5.74) is 4.43. The van der Waals surface area contributed by atoms with E-state index in [9.17, 15) is 0 Å². The highest BCUT2D eigenvalue weighted by molar-refractivity contribution is 7.99. The van der Waals surface area contributed by atoms with E-state index in [1.54, 1.807) is 0 Å². The first-order valence-corrected chi connectivity index (χ1v) is 8.04. The van der Waals surface area contributed by atoms with Gasteiger partial charge in [-0.2, -0.15) is 0 Å². The molecule has 3 aromatic rings. The fraction of sp³-hybridized carbons (Fsp3) is 0.111. The number of aliphatic imine (C=N–C) groups is 1. The van der Waals surface area contributed by atoms with Crippen LogP contribution in [0.5, 0.6) is 0 Å². The third-order valence-electron chi connectivity index (χ3n) is 3.62. The zero-order valence-electron chi connectivity index (χ0n) is 11.5. The van der Waals surface area contributed by atoms with Crippen LogP contribution in [-0.4, -0.2) is 17.0 Å². The van der Waals surface area contributed by atoms with Crippen molar-refractivity contribution >= 4 is 34.6 Å². The number of hydrogen-bond acceptors (Lipinski definition) is 3. The first-order valence-electron chi connectivity index (χ1n) is 7.05. The summed E-state index contributed by atoms with van der Waals surface area (Å²) in [6, 6.07) is 18.5. The number of thioether (sulfide) groups is 1. The molecule has 1 aliphatic rings. The topological polar surface area (TPSA) is 25.2 Å². The number of pyridine rings is 1. The Bertz CT molecular complexity index is 825. The van der Waals surface area contributed by atoms with Gasteiger partial charge < -0.3 is 0 Å². The van der Waals surface area contributed by atoms with Crippen LogP contribution in [0.2, 0.25) is 0 Å². The second-order valence-corrected chi connectivity index (χ2v) is 6.13. The predicted octanol–water partition coefficient (Wildman–Crippen LogP) is 4.63. The molecule has 0 unspecified atom stereocenters. The van der Waals surface area contributed by atoms with Crippen molar-refractivity contribution < 1.29 is 0 Å². The van der Waals surface area contributed by atoms with Gasteiger partial charge in [0.15, 0.2) is 0 Å². The lowest BCUT2D eigenvalue weighted by atomic mass is 10.1. The molecule has 0 saturated heterocycles. The summed E-state index contributed by atoms with van der Waals surface area (Å²) >= 11 is 1.87. The molecule has 3 heteroatoms. The normalized spacial score (nSPS) is 13.9. The third kappa shape index (κ3) is 2.34. The van der Waals surface area contributed by atoms with Crippen LogP contribution < -0.4 is 0 Å². The van der Waals surface area contributed by atoms with Crippen molar-refractivity contribution in [2.45, 2.75) is 11.3 Å². The number of aryl methyl sites for hydroxylation is 1. The highest BCUT2D eigenvalue weighted by Gasteiger charge is 2.19. The molecule has 0 saturated carbocycles. The lowest BCUT2D eigenvalue weighted by Crippen LogP contribution is -1.90. The summed E-state index contributed by atoms with van der Waals surface area (Å²) in [6.07, 6.45) is 2.99. The Hall–Kier alpha value is -2.13. The van der Waals surface area contributed by atoms with E-state index in [0.29, 0.717) is 0 Å². The number of para-hydroxylation sites is 1. The number of nitrogens with zero attached hydrogens (tertiary/aromatic N) is 2. The second kappa shape index (κ2) is 5.34. The summed E-state index contributed by atoms with van der Waals surface area (Å²) in [7, 11) is 0. The molecule has 2 nitrogen and oxygen atoms in total. The van der Waals surface area contributed by atoms with Crippen molar-refractivity contribution in [3.05, 3.63) is 65.9 Å². The zero-order valence-corrected chi connectivity index (χ0v) is 12.3. The molecule has 1 aromatic heterocycles. The molecule has 1 aliphatic heterocycles. The largest absolute Gasteiger partial charge is 0.254 e. The zero-order chi connectivity index (χ0) is 14.1. The maximum Gasteiger partial charge on any atom is 0.0878 e. The van der Waals surface area contributed by atoms with Gasteiger partial charge in [-0.05, 0) is 11.6 Å². The fourth-order valence-corrected chi connectivity index (χ4v) is 3.72. The van der Waals surface area contributed by atoms with Crippen LogP contribution in [0.3, 0.4) is 0 Å². The predicted molar refractivity (Wildman–Crippen MR) is 89.9 cm³/mol. The maximum absolute atomic E-state index is 4.79. The van der Waals surface area contributed by atoms with Crippen molar-refractivity contribution in [3.63, 3.8) is 0 Å². The molecular formula is C18H14N2S. The van der Waals surface area contributed by atoms with E-state index in [0.717, 1.165) is 34.3 Å². The van der Waals surface area contributed by atoms with Crippen LogP contribution in [0, 0.1) is 0 Å². The summed E-state index contributed by atoms with van der Waals surface area (Å²) < 4.78 is 0. The minimum atomic E-state index is 1.04. The van der Waals surface area contributed by atoms with Crippen molar-refractivity contribution in [2.24, 2.45) is 4.99 Å². The molecule has 0 aliphatic carbocycles. The molecule has 4 rings (SSSR count). The van der Waals surface area contributed by atoms with Crippen molar-refractivity contribution in [3.8, 4) is 0 Å². The van der Waals surface area contributed by atoms with E-state index in [1.807, 2.05) is 42.2 Å². The first kappa shape index (κ1) is 12.6. The summed E-state index contributed by atoms with van der Waals surface area (Å²) in [5, 5.41) is 1.14. The number of aromatic nitrogens is 1. The lowest BCUT2D eigenvalue weighted by molar-refractivity contribution is 1.05. The minimum Gasteiger partial charge on any atom is -0.254 e. The van der Waals surface area contributed by atoms with Crippen molar-refractivity contribution in [2.75, 3.05) is 5.75 Å². The molecule has 0 fully saturated rings. The van der Waals surface area contributed by atoms with Gasteiger partial charge in [0.2, 0.25) is 0 Å². The Morgan fingerprint density at radius 1 is 1.00 bits per heavy atom. The SMILES string of the molecule is C(=N\c1c2c(nc3ccccc13)CCS2)/c1ccccc1. The van der Waals surface area contributed by atoms with Crippen LogP contribution in [0.15, 0.2) is 64.5 Å². The highest BCUT2D eigenvalue weighted by atomic mass is 32.2. The average Bonchev–Trinajstić information content (AvgIpc) is 3.00. The Morgan fingerprint density at radius 3 is 2.71 bits per heavy atom. The van der Waals surface area contributed by atoms with Gasteiger partial charge in [0.1, 0.15) is 0 Å². The van der Waals surface area contributed by atoms with E-state index in [4.69, 9.17) is 9.98 Å². The monoisotopic (exact) mass is 290 g/mol. The van der Waals surface area contributed by atoms with Crippen LogP contribution >= 0.6 is 11.8 Å². The molecule has 0 amide bonds. The summed E-state index contributed by atoms with van der Waals surface area (Å²) in [5.74, 6) is 1.10. The average molecular weight is 290 g/mol. The number of hydrogen-bond donors (Lipinski definition) is 0. The smallest absolute Gasteiger partial charge is 0.0878 e. The number of rotatable bonds is 2. The summed E-state index contributed by atoms with van der Waals surface area (Å²) in [6.45, 7) is 0.